The third-order valence-electron chi connectivity index (χ3n) is 4.81. The number of anilines is 1. The number of carbonyl (C=O) groups excluding carboxylic acids is 1. The van der Waals surface area contributed by atoms with Crippen LogP contribution in [0.25, 0.3) is 0 Å². The molecule has 0 fully saturated rings. The van der Waals surface area contributed by atoms with Crippen LogP contribution in [0.3, 0.4) is 0 Å². The Labute approximate surface area is 172 Å². The molecule has 0 heterocycles. The number of amides is 1. The lowest BCUT2D eigenvalue weighted by molar-refractivity contribution is -0.120. The van der Waals surface area contributed by atoms with E-state index in [1.54, 1.807) is 18.2 Å². The zero-order valence-corrected chi connectivity index (χ0v) is 18.5. The molecule has 0 spiro atoms. The van der Waals surface area contributed by atoms with E-state index in [0.717, 1.165) is 27.3 Å². The molecule has 152 valence electrons. The van der Waals surface area contributed by atoms with Gasteiger partial charge < -0.3 is 5.32 Å². The molecule has 0 unspecified atom stereocenters. The highest BCUT2D eigenvalue weighted by Crippen LogP contribution is 2.25. The number of carbonyl (C=O) groups is 1. The molecule has 2 aromatic carbocycles. The molecule has 0 radical (unpaired) electrons. The van der Waals surface area contributed by atoms with Gasteiger partial charge in [-0.3, -0.25) is 9.10 Å². The molecular formula is C21H27ClN2O3S. The van der Waals surface area contributed by atoms with Crippen LogP contribution in [0.2, 0.25) is 5.02 Å². The number of benzene rings is 2. The second-order valence-electron chi connectivity index (χ2n) is 7.08. The van der Waals surface area contributed by atoms with Gasteiger partial charge in [0.05, 0.1) is 18.0 Å². The van der Waals surface area contributed by atoms with Gasteiger partial charge in [0.2, 0.25) is 15.9 Å². The van der Waals surface area contributed by atoms with Crippen LogP contribution in [0, 0.1) is 20.8 Å². The minimum atomic E-state index is -3.65. The molecule has 0 aliphatic rings. The summed E-state index contributed by atoms with van der Waals surface area (Å²) in [7, 11) is -3.65. The Bertz CT molecular complexity index is 974. The van der Waals surface area contributed by atoms with Crippen molar-refractivity contribution in [2.45, 2.75) is 40.2 Å². The Morgan fingerprint density at radius 1 is 1.07 bits per heavy atom. The molecule has 1 N–H and O–H groups in total. The van der Waals surface area contributed by atoms with Gasteiger partial charge in [0.1, 0.15) is 6.54 Å². The van der Waals surface area contributed by atoms with Crippen molar-refractivity contribution in [3.8, 4) is 0 Å². The summed E-state index contributed by atoms with van der Waals surface area (Å²) < 4.78 is 25.6. The maximum atomic E-state index is 12.7. The smallest absolute Gasteiger partial charge is 0.241 e. The first-order chi connectivity index (χ1) is 13.0. The standard InChI is InChI=1S/C21H27ClN2O3S/c1-6-20(17-9-7-14(2)16(4)11-17)23-21(25)13-24(28(5,26)27)18-10-8-15(3)19(22)12-18/h7-12,20H,6,13H2,1-5H3,(H,23,25)/t20-/m0/s1. The second-order valence-corrected chi connectivity index (χ2v) is 9.39. The number of rotatable bonds is 7. The van der Waals surface area contributed by atoms with E-state index in [9.17, 15) is 13.2 Å². The number of nitrogens with one attached hydrogen (secondary N) is 1. The van der Waals surface area contributed by atoms with Crippen LogP contribution in [0.4, 0.5) is 5.69 Å². The van der Waals surface area contributed by atoms with Crippen LogP contribution >= 0.6 is 11.6 Å². The Hall–Kier alpha value is -2.05. The van der Waals surface area contributed by atoms with Gasteiger partial charge in [0.25, 0.3) is 0 Å². The molecular weight excluding hydrogens is 396 g/mol. The highest BCUT2D eigenvalue weighted by atomic mass is 35.5. The Morgan fingerprint density at radius 3 is 2.25 bits per heavy atom. The first kappa shape index (κ1) is 22.2. The quantitative estimate of drug-likeness (QED) is 0.723. The molecule has 0 bridgehead atoms. The van der Waals surface area contributed by atoms with E-state index in [4.69, 9.17) is 11.6 Å². The number of hydrogen-bond acceptors (Lipinski definition) is 3. The van der Waals surface area contributed by atoms with Crippen LogP contribution in [-0.2, 0) is 14.8 Å². The van der Waals surface area contributed by atoms with Crippen LogP contribution in [0.1, 0.15) is 41.6 Å². The largest absolute Gasteiger partial charge is 0.348 e. The average Bonchev–Trinajstić information content (AvgIpc) is 2.61. The van der Waals surface area contributed by atoms with Gasteiger partial charge in [0, 0.05) is 5.02 Å². The normalized spacial score (nSPS) is 12.5. The minimum Gasteiger partial charge on any atom is -0.348 e. The van der Waals surface area contributed by atoms with Crippen molar-refractivity contribution in [2.24, 2.45) is 0 Å². The van der Waals surface area contributed by atoms with Crippen LogP contribution in [-0.4, -0.2) is 27.1 Å². The van der Waals surface area contributed by atoms with Crippen molar-refractivity contribution in [1.29, 1.82) is 0 Å². The number of nitrogens with zero attached hydrogens (tertiary/aromatic N) is 1. The molecule has 0 saturated heterocycles. The maximum Gasteiger partial charge on any atom is 0.241 e. The molecule has 7 heteroatoms. The lowest BCUT2D eigenvalue weighted by Gasteiger charge is -2.24. The second kappa shape index (κ2) is 8.97. The van der Waals surface area contributed by atoms with E-state index in [-0.39, 0.29) is 18.5 Å². The lowest BCUT2D eigenvalue weighted by atomic mass is 9.99. The number of aryl methyl sites for hydroxylation is 3. The monoisotopic (exact) mass is 422 g/mol. The maximum absolute atomic E-state index is 12.7. The van der Waals surface area contributed by atoms with E-state index in [2.05, 4.69) is 11.4 Å². The van der Waals surface area contributed by atoms with Crippen molar-refractivity contribution in [1.82, 2.24) is 5.32 Å². The van der Waals surface area contributed by atoms with Crippen LogP contribution in [0.15, 0.2) is 36.4 Å². The predicted molar refractivity (Wildman–Crippen MR) is 115 cm³/mol. The van der Waals surface area contributed by atoms with Crippen molar-refractivity contribution in [2.75, 3.05) is 17.1 Å². The summed E-state index contributed by atoms with van der Waals surface area (Å²) in [4.78, 5) is 12.7. The van der Waals surface area contributed by atoms with Crippen LogP contribution in [0.5, 0.6) is 0 Å². The third kappa shape index (κ3) is 5.49. The third-order valence-corrected chi connectivity index (χ3v) is 6.36. The fourth-order valence-corrected chi connectivity index (χ4v) is 3.93. The zero-order chi connectivity index (χ0) is 21.1. The zero-order valence-electron chi connectivity index (χ0n) is 16.9. The fraction of sp³-hybridized carbons (Fsp3) is 0.381. The summed E-state index contributed by atoms with van der Waals surface area (Å²) in [5.74, 6) is -0.368. The Balaban J connectivity index is 2.22. The van der Waals surface area contributed by atoms with E-state index >= 15 is 0 Å². The highest BCUT2D eigenvalue weighted by Gasteiger charge is 2.23. The Morgan fingerprint density at radius 2 is 1.71 bits per heavy atom. The summed E-state index contributed by atoms with van der Waals surface area (Å²) in [6.07, 6.45) is 1.78. The molecule has 1 amide bonds. The highest BCUT2D eigenvalue weighted by molar-refractivity contribution is 7.92. The fourth-order valence-electron chi connectivity index (χ4n) is 2.91. The van der Waals surface area contributed by atoms with Gasteiger partial charge in [-0.15, -0.1) is 0 Å². The molecule has 0 aliphatic carbocycles. The van der Waals surface area contributed by atoms with Crippen molar-refractivity contribution in [3.05, 3.63) is 63.7 Å². The molecule has 5 nitrogen and oxygen atoms in total. The van der Waals surface area contributed by atoms with E-state index in [0.29, 0.717) is 17.1 Å². The summed E-state index contributed by atoms with van der Waals surface area (Å²) in [6, 6.07) is 10.8. The molecule has 28 heavy (non-hydrogen) atoms. The van der Waals surface area contributed by atoms with Gasteiger partial charge in [0.15, 0.2) is 0 Å². The van der Waals surface area contributed by atoms with Crippen LogP contribution < -0.4 is 9.62 Å². The topological polar surface area (TPSA) is 66.5 Å². The number of hydrogen-bond donors (Lipinski definition) is 1. The van der Waals surface area contributed by atoms with Gasteiger partial charge in [-0.1, -0.05) is 42.8 Å². The van der Waals surface area contributed by atoms with Gasteiger partial charge in [-0.05, 0) is 61.6 Å². The lowest BCUT2D eigenvalue weighted by Crippen LogP contribution is -2.41. The summed E-state index contributed by atoms with van der Waals surface area (Å²) >= 11 is 6.14. The van der Waals surface area contributed by atoms with E-state index in [1.165, 1.54) is 5.56 Å². The predicted octanol–water partition coefficient (Wildman–Crippen LogP) is 4.30. The van der Waals surface area contributed by atoms with Gasteiger partial charge >= 0.3 is 0 Å². The van der Waals surface area contributed by atoms with E-state index < -0.39 is 10.0 Å². The molecule has 2 rings (SSSR count). The first-order valence-corrected chi connectivity index (χ1v) is 11.4. The van der Waals surface area contributed by atoms with E-state index in [1.807, 2.05) is 39.8 Å². The summed E-state index contributed by atoms with van der Waals surface area (Å²) in [5, 5.41) is 3.40. The first-order valence-electron chi connectivity index (χ1n) is 9.13. The van der Waals surface area contributed by atoms with Crippen molar-refractivity contribution < 1.29 is 13.2 Å². The van der Waals surface area contributed by atoms with Crippen molar-refractivity contribution >= 4 is 33.2 Å². The average molecular weight is 423 g/mol. The van der Waals surface area contributed by atoms with Gasteiger partial charge in [-0.2, -0.15) is 0 Å². The molecule has 0 aliphatic heterocycles. The number of halogens is 1. The molecule has 0 aromatic heterocycles. The molecule has 2 aromatic rings. The number of sulfonamides is 1. The molecule has 0 saturated carbocycles. The summed E-state index contributed by atoms with van der Waals surface area (Å²) in [5.41, 5.74) is 4.54. The Kier molecular flexibility index (Phi) is 7.12. The van der Waals surface area contributed by atoms with Gasteiger partial charge in [-0.25, -0.2) is 8.42 Å². The SMILES string of the molecule is CC[C@H](NC(=O)CN(c1ccc(C)c(Cl)c1)S(C)(=O)=O)c1ccc(C)c(C)c1. The van der Waals surface area contributed by atoms with Crippen molar-refractivity contribution in [3.63, 3.8) is 0 Å². The summed E-state index contributed by atoms with van der Waals surface area (Å²) in [6.45, 7) is 7.57. The molecule has 1 atom stereocenters. The minimum absolute atomic E-state index is 0.185.